The van der Waals surface area contributed by atoms with Crippen LogP contribution in [0, 0.1) is 21.5 Å². The fraction of sp³-hybridized carbons (Fsp3) is 0.238. The van der Waals surface area contributed by atoms with E-state index in [0.29, 0.717) is 41.2 Å². The average molecular weight is 435 g/mol. The monoisotopic (exact) mass is 434 g/mol. The van der Waals surface area contributed by atoms with Gasteiger partial charge < -0.3 is 15.6 Å². The SMILES string of the molecule is CN/C=C(\C=N)c1cc(-c2ccc(N3CCS(=N)(=O)CC3)nc2)c2c(C#N)cnn2c1. The summed E-state index contributed by atoms with van der Waals surface area (Å²) in [6, 6.07) is 7.96. The fourth-order valence-electron chi connectivity index (χ4n) is 3.64. The quantitative estimate of drug-likeness (QED) is 0.528. The van der Waals surface area contributed by atoms with Crippen LogP contribution in [0.1, 0.15) is 11.1 Å². The summed E-state index contributed by atoms with van der Waals surface area (Å²) >= 11 is 0. The molecule has 9 nitrogen and oxygen atoms in total. The van der Waals surface area contributed by atoms with E-state index < -0.39 is 9.73 Å². The first-order valence-corrected chi connectivity index (χ1v) is 11.6. The standard InChI is InChI=1S/C21H22N8OS/c1-25-11-17(9-22)16-8-19(21-18(10-23)13-27-29(21)14-16)15-2-3-20(26-12-15)28-4-6-31(24,30)7-5-28/h2-3,8-9,11-14,22,24-25H,4-7H2,1H3/b17-11+,22-9?. The first-order valence-electron chi connectivity index (χ1n) is 9.71. The van der Waals surface area contributed by atoms with Gasteiger partial charge in [0.15, 0.2) is 0 Å². The van der Waals surface area contributed by atoms with Gasteiger partial charge in [-0.3, -0.25) is 4.78 Å². The summed E-state index contributed by atoms with van der Waals surface area (Å²) in [7, 11) is -0.688. The number of aromatic nitrogens is 3. The molecule has 1 aliphatic heterocycles. The molecule has 4 heterocycles. The summed E-state index contributed by atoms with van der Waals surface area (Å²) in [5, 5.41) is 24.5. The number of rotatable bonds is 5. The molecular weight excluding hydrogens is 412 g/mol. The van der Waals surface area contributed by atoms with Gasteiger partial charge in [-0.15, -0.1) is 0 Å². The molecule has 10 heteroatoms. The van der Waals surface area contributed by atoms with Crippen molar-refractivity contribution in [2.45, 2.75) is 0 Å². The van der Waals surface area contributed by atoms with E-state index in [0.717, 1.165) is 22.5 Å². The van der Waals surface area contributed by atoms with Crippen molar-refractivity contribution in [3.63, 3.8) is 0 Å². The van der Waals surface area contributed by atoms with Gasteiger partial charge >= 0.3 is 0 Å². The van der Waals surface area contributed by atoms with Gasteiger partial charge in [0.2, 0.25) is 0 Å². The van der Waals surface area contributed by atoms with Crippen molar-refractivity contribution in [1.82, 2.24) is 19.9 Å². The van der Waals surface area contributed by atoms with E-state index in [1.54, 1.807) is 30.2 Å². The third-order valence-electron chi connectivity index (χ3n) is 5.29. The molecule has 0 aliphatic carbocycles. The third-order valence-corrected chi connectivity index (χ3v) is 6.97. The van der Waals surface area contributed by atoms with Gasteiger partial charge in [0.1, 0.15) is 11.9 Å². The van der Waals surface area contributed by atoms with Crippen LogP contribution in [-0.2, 0) is 9.73 Å². The Morgan fingerprint density at radius 3 is 2.71 bits per heavy atom. The molecule has 0 radical (unpaired) electrons. The van der Waals surface area contributed by atoms with Crippen LogP contribution >= 0.6 is 0 Å². The lowest BCUT2D eigenvalue weighted by atomic mass is 10.0. The van der Waals surface area contributed by atoms with Crippen LogP contribution in [0.4, 0.5) is 5.82 Å². The van der Waals surface area contributed by atoms with E-state index >= 15 is 0 Å². The van der Waals surface area contributed by atoms with E-state index in [9.17, 15) is 9.47 Å². The molecule has 4 rings (SSSR count). The smallest absolute Gasteiger partial charge is 0.128 e. The maximum atomic E-state index is 11.9. The number of nitrogens with zero attached hydrogens (tertiary/aromatic N) is 5. The lowest BCUT2D eigenvalue weighted by Gasteiger charge is -2.29. The highest BCUT2D eigenvalue weighted by Gasteiger charge is 2.20. The van der Waals surface area contributed by atoms with Gasteiger partial charge in [-0.2, -0.15) is 10.4 Å². The van der Waals surface area contributed by atoms with Gasteiger partial charge in [-0.05, 0) is 18.2 Å². The zero-order chi connectivity index (χ0) is 22.0. The molecule has 1 aliphatic rings. The summed E-state index contributed by atoms with van der Waals surface area (Å²) in [4.78, 5) is 6.63. The van der Waals surface area contributed by atoms with E-state index in [2.05, 4.69) is 21.5 Å². The Morgan fingerprint density at radius 1 is 1.32 bits per heavy atom. The molecule has 3 N–H and O–H groups in total. The van der Waals surface area contributed by atoms with E-state index in [1.165, 1.54) is 12.4 Å². The molecule has 0 spiro atoms. The number of nitrogens with one attached hydrogen (secondary N) is 3. The molecule has 3 aromatic heterocycles. The predicted octanol–water partition coefficient (Wildman–Crippen LogP) is 2.34. The van der Waals surface area contributed by atoms with Crippen molar-refractivity contribution in [2.24, 2.45) is 0 Å². The highest BCUT2D eigenvalue weighted by Crippen LogP contribution is 2.30. The predicted molar refractivity (Wildman–Crippen MR) is 122 cm³/mol. The summed E-state index contributed by atoms with van der Waals surface area (Å²) in [6.07, 6.45) is 8.07. The van der Waals surface area contributed by atoms with Crippen molar-refractivity contribution in [3.8, 4) is 17.2 Å². The minimum absolute atomic E-state index is 0.352. The summed E-state index contributed by atoms with van der Waals surface area (Å²) in [5.74, 6) is 1.48. The van der Waals surface area contributed by atoms with Crippen LogP contribution in [0.25, 0.3) is 22.2 Å². The molecule has 158 valence electrons. The summed E-state index contributed by atoms with van der Waals surface area (Å²) in [6.45, 7) is 1.10. The van der Waals surface area contributed by atoms with E-state index in [1.807, 2.05) is 23.1 Å². The zero-order valence-electron chi connectivity index (χ0n) is 17.0. The maximum absolute atomic E-state index is 11.9. The Bertz CT molecular complexity index is 1300. The van der Waals surface area contributed by atoms with E-state index in [-0.39, 0.29) is 0 Å². The number of hydrogen-bond acceptors (Lipinski definition) is 8. The summed E-state index contributed by atoms with van der Waals surface area (Å²) in [5.41, 5.74) is 4.22. The molecule has 0 saturated carbocycles. The summed E-state index contributed by atoms with van der Waals surface area (Å²) < 4.78 is 21.3. The molecule has 0 atom stereocenters. The number of allylic oxidation sites excluding steroid dienone is 1. The largest absolute Gasteiger partial charge is 0.393 e. The Hall–Kier alpha value is -3.71. The van der Waals surface area contributed by atoms with Crippen molar-refractivity contribution >= 4 is 32.9 Å². The molecule has 1 fully saturated rings. The van der Waals surface area contributed by atoms with Gasteiger partial charge in [-0.25, -0.2) is 13.7 Å². The number of anilines is 1. The second-order valence-corrected chi connectivity index (χ2v) is 9.69. The second kappa shape index (κ2) is 8.20. The number of nitriles is 1. The fourth-order valence-corrected chi connectivity index (χ4v) is 4.87. The maximum Gasteiger partial charge on any atom is 0.128 e. The highest BCUT2D eigenvalue weighted by molar-refractivity contribution is 7.92. The van der Waals surface area contributed by atoms with Crippen molar-refractivity contribution in [2.75, 3.05) is 36.5 Å². The number of pyridine rings is 2. The molecular formula is C21H22N8OS. The van der Waals surface area contributed by atoms with Crippen LogP contribution in [0.2, 0.25) is 0 Å². The Balaban J connectivity index is 1.78. The Kier molecular flexibility index (Phi) is 5.44. The van der Waals surface area contributed by atoms with Crippen LogP contribution in [-0.4, -0.2) is 56.7 Å². The van der Waals surface area contributed by atoms with Gasteiger partial charge in [0.05, 0.1) is 17.3 Å². The van der Waals surface area contributed by atoms with Crippen molar-refractivity contribution in [3.05, 3.63) is 54.1 Å². The van der Waals surface area contributed by atoms with Gasteiger partial charge in [-0.1, -0.05) is 0 Å². The molecule has 3 aromatic rings. The van der Waals surface area contributed by atoms with Crippen molar-refractivity contribution < 1.29 is 4.21 Å². The normalized spacial score (nSPS) is 16.1. The lowest BCUT2D eigenvalue weighted by molar-refractivity contribution is 0.663. The molecule has 31 heavy (non-hydrogen) atoms. The van der Waals surface area contributed by atoms with E-state index in [4.69, 9.17) is 10.2 Å². The van der Waals surface area contributed by atoms with Crippen LogP contribution in [0.3, 0.4) is 0 Å². The second-order valence-electron chi connectivity index (χ2n) is 7.25. The molecule has 0 aromatic carbocycles. The zero-order valence-corrected chi connectivity index (χ0v) is 17.8. The van der Waals surface area contributed by atoms with Crippen LogP contribution < -0.4 is 10.2 Å². The molecule has 0 amide bonds. The molecule has 0 bridgehead atoms. The minimum atomic E-state index is -2.46. The van der Waals surface area contributed by atoms with Crippen LogP contribution in [0.5, 0.6) is 0 Å². The number of fused-ring (bicyclic) bond motifs is 1. The highest BCUT2D eigenvalue weighted by atomic mass is 32.2. The first-order chi connectivity index (χ1) is 15.0. The average Bonchev–Trinajstić information content (AvgIpc) is 3.20. The Morgan fingerprint density at radius 2 is 2.10 bits per heavy atom. The topological polar surface area (TPSA) is 134 Å². The van der Waals surface area contributed by atoms with Crippen molar-refractivity contribution in [1.29, 1.82) is 15.5 Å². The number of hydrogen-bond donors (Lipinski definition) is 3. The van der Waals surface area contributed by atoms with Crippen LogP contribution in [0.15, 0.2) is 43.0 Å². The minimum Gasteiger partial charge on any atom is -0.393 e. The molecule has 1 saturated heterocycles. The van der Waals surface area contributed by atoms with Gasteiger partial charge in [0.25, 0.3) is 0 Å². The lowest BCUT2D eigenvalue weighted by Crippen LogP contribution is -2.40. The van der Waals surface area contributed by atoms with Gasteiger partial charge in [0, 0.05) is 88.4 Å². The third kappa shape index (κ3) is 4.00. The molecule has 0 unspecified atom stereocenters. The first kappa shape index (κ1) is 20.6. The Labute approximate surface area is 180 Å².